The van der Waals surface area contributed by atoms with Crippen molar-refractivity contribution >= 4 is 5.82 Å². The fraction of sp³-hybridized carbons (Fsp3) is 0.111. The van der Waals surface area contributed by atoms with Crippen LogP contribution in [0.4, 0.5) is 5.82 Å². The third-order valence-electron chi connectivity index (χ3n) is 1.80. The highest BCUT2D eigenvalue weighted by molar-refractivity contribution is 5.34. The maximum absolute atomic E-state index is 5.49. The summed E-state index contributed by atoms with van der Waals surface area (Å²) in [5.41, 5.74) is 6.34. The van der Waals surface area contributed by atoms with Gasteiger partial charge in [-0.3, -0.25) is 0 Å². The van der Waals surface area contributed by atoms with Crippen molar-refractivity contribution in [2.45, 2.75) is 0 Å². The number of aromatic nitrogens is 3. The molecule has 2 aromatic heterocycles. The minimum absolute atomic E-state index is 0.487. The predicted molar refractivity (Wildman–Crippen MR) is 52.3 cm³/mol. The van der Waals surface area contributed by atoms with Crippen LogP contribution in [0.5, 0.6) is 5.88 Å². The molecule has 2 N–H and O–H groups in total. The standard InChI is InChI=1S/C9H10N4O/c1-14-9-3-2-7(6-11-9)13-5-4-8(10)12-13/h2-6H,1H3,(H2,10,12). The van der Waals surface area contributed by atoms with Crippen LogP contribution in [0.1, 0.15) is 0 Å². The lowest BCUT2D eigenvalue weighted by molar-refractivity contribution is 0.397. The molecule has 0 aromatic carbocycles. The number of rotatable bonds is 2. The molecule has 0 unspecified atom stereocenters. The Morgan fingerprint density at radius 3 is 2.71 bits per heavy atom. The molecule has 0 radical (unpaired) electrons. The van der Waals surface area contributed by atoms with E-state index in [-0.39, 0.29) is 0 Å². The Bertz CT molecular complexity index is 421. The number of anilines is 1. The van der Waals surface area contributed by atoms with Crippen molar-refractivity contribution in [3.8, 4) is 11.6 Å². The second-order valence-corrected chi connectivity index (χ2v) is 2.74. The van der Waals surface area contributed by atoms with Gasteiger partial charge < -0.3 is 10.5 Å². The summed E-state index contributed by atoms with van der Waals surface area (Å²) in [6, 6.07) is 5.36. The molecule has 2 rings (SSSR count). The van der Waals surface area contributed by atoms with Crippen LogP contribution < -0.4 is 10.5 Å². The summed E-state index contributed by atoms with van der Waals surface area (Å²) < 4.78 is 6.60. The molecule has 0 aliphatic carbocycles. The monoisotopic (exact) mass is 190 g/mol. The molecule has 0 saturated carbocycles. The maximum Gasteiger partial charge on any atom is 0.213 e. The Balaban J connectivity index is 2.33. The lowest BCUT2D eigenvalue weighted by Crippen LogP contribution is -1.97. The Labute approximate surface area is 81.1 Å². The van der Waals surface area contributed by atoms with Gasteiger partial charge in [-0.1, -0.05) is 0 Å². The van der Waals surface area contributed by atoms with E-state index in [1.54, 1.807) is 36.3 Å². The van der Waals surface area contributed by atoms with Gasteiger partial charge in [0.2, 0.25) is 5.88 Å². The second kappa shape index (κ2) is 3.37. The number of nitrogens with two attached hydrogens (primary N) is 1. The molecular formula is C9H10N4O. The van der Waals surface area contributed by atoms with Crippen LogP contribution in [0.25, 0.3) is 5.69 Å². The maximum atomic E-state index is 5.49. The first-order chi connectivity index (χ1) is 6.79. The Hall–Kier alpha value is -2.04. The summed E-state index contributed by atoms with van der Waals surface area (Å²) in [6.45, 7) is 0. The number of pyridine rings is 1. The molecular weight excluding hydrogens is 180 g/mol. The van der Waals surface area contributed by atoms with E-state index in [9.17, 15) is 0 Å². The van der Waals surface area contributed by atoms with Crippen LogP contribution >= 0.6 is 0 Å². The predicted octanol–water partition coefficient (Wildman–Crippen LogP) is 0.858. The highest BCUT2D eigenvalue weighted by Crippen LogP contribution is 2.11. The number of nitrogen functional groups attached to an aromatic ring is 1. The molecule has 0 amide bonds. The summed E-state index contributed by atoms with van der Waals surface area (Å²) in [5, 5.41) is 4.05. The van der Waals surface area contributed by atoms with Crippen LogP contribution in [0.3, 0.4) is 0 Å². The average Bonchev–Trinajstić information content (AvgIpc) is 2.65. The molecule has 14 heavy (non-hydrogen) atoms. The van der Waals surface area contributed by atoms with E-state index in [1.165, 1.54) is 0 Å². The van der Waals surface area contributed by atoms with Crippen LogP contribution in [0, 0.1) is 0 Å². The molecule has 0 aliphatic rings. The average molecular weight is 190 g/mol. The van der Waals surface area contributed by atoms with Gasteiger partial charge in [-0.15, -0.1) is 0 Å². The molecule has 0 saturated heterocycles. The molecule has 2 heterocycles. The molecule has 0 bridgehead atoms. The second-order valence-electron chi connectivity index (χ2n) is 2.74. The summed E-state index contributed by atoms with van der Waals surface area (Å²) >= 11 is 0. The van der Waals surface area contributed by atoms with Gasteiger partial charge in [0.15, 0.2) is 0 Å². The van der Waals surface area contributed by atoms with E-state index in [0.717, 1.165) is 5.69 Å². The summed E-state index contributed by atoms with van der Waals surface area (Å²) in [6.07, 6.45) is 3.45. The minimum Gasteiger partial charge on any atom is -0.481 e. The fourth-order valence-electron chi connectivity index (χ4n) is 1.11. The first kappa shape index (κ1) is 8.55. The molecule has 0 fully saturated rings. The van der Waals surface area contributed by atoms with E-state index in [4.69, 9.17) is 10.5 Å². The Morgan fingerprint density at radius 2 is 2.21 bits per heavy atom. The third kappa shape index (κ3) is 1.52. The van der Waals surface area contributed by atoms with E-state index < -0.39 is 0 Å². The largest absolute Gasteiger partial charge is 0.481 e. The number of hydrogen-bond donors (Lipinski definition) is 1. The molecule has 2 aromatic rings. The van der Waals surface area contributed by atoms with Crippen LogP contribution in [-0.2, 0) is 0 Å². The Kier molecular flexibility index (Phi) is 2.06. The fourth-order valence-corrected chi connectivity index (χ4v) is 1.11. The van der Waals surface area contributed by atoms with Gasteiger partial charge in [-0.25, -0.2) is 9.67 Å². The van der Waals surface area contributed by atoms with Crippen LogP contribution in [0.15, 0.2) is 30.6 Å². The van der Waals surface area contributed by atoms with Gasteiger partial charge >= 0.3 is 0 Å². The summed E-state index contributed by atoms with van der Waals surface area (Å²) in [4.78, 5) is 4.06. The van der Waals surface area contributed by atoms with Crippen molar-refractivity contribution in [3.05, 3.63) is 30.6 Å². The minimum atomic E-state index is 0.487. The molecule has 0 aliphatic heterocycles. The van der Waals surface area contributed by atoms with Gasteiger partial charge in [0, 0.05) is 18.3 Å². The lowest BCUT2D eigenvalue weighted by atomic mass is 10.4. The van der Waals surface area contributed by atoms with Crippen molar-refractivity contribution in [1.82, 2.24) is 14.8 Å². The first-order valence-corrected chi connectivity index (χ1v) is 4.11. The smallest absolute Gasteiger partial charge is 0.213 e. The Morgan fingerprint density at radius 1 is 1.36 bits per heavy atom. The van der Waals surface area contributed by atoms with E-state index in [2.05, 4.69) is 10.1 Å². The van der Waals surface area contributed by atoms with Crippen molar-refractivity contribution in [3.63, 3.8) is 0 Å². The van der Waals surface area contributed by atoms with Gasteiger partial charge in [0.05, 0.1) is 19.0 Å². The number of methoxy groups -OCH3 is 1. The van der Waals surface area contributed by atoms with E-state index in [1.807, 2.05) is 6.07 Å². The molecule has 0 atom stereocenters. The van der Waals surface area contributed by atoms with Crippen LogP contribution in [0.2, 0.25) is 0 Å². The normalized spacial score (nSPS) is 10.1. The topological polar surface area (TPSA) is 66.0 Å². The summed E-state index contributed by atoms with van der Waals surface area (Å²) in [7, 11) is 1.58. The zero-order chi connectivity index (χ0) is 9.97. The number of hydrogen-bond acceptors (Lipinski definition) is 4. The van der Waals surface area contributed by atoms with Crippen molar-refractivity contribution in [2.75, 3.05) is 12.8 Å². The zero-order valence-corrected chi connectivity index (χ0v) is 7.71. The zero-order valence-electron chi connectivity index (χ0n) is 7.71. The van der Waals surface area contributed by atoms with Crippen molar-refractivity contribution in [1.29, 1.82) is 0 Å². The highest BCUT2D eigenvalue weighted by Gasteiger charge is 1.99. The molecule has 5 heteroatoms. The van der Waals surface area contributed by atoms with Crippen molar-refractivity contribution < 1.29 is 4.74 Å². The van der Waals surface area contributed by atoms with Gasteiger partial charge in [0.25, 0.3) is 0 Å². The molecule has 72 valence electrons. The third-order valence-corrected chi connectivity index (χ3v) is 1.80. The van der Waals surface area contributed by atoms with E-state index >= 15 is 0 Å². The molecule has 5 nitrogen and oxygen atoms in total. The van der Waals surface area contributed by atoms with Gasteiger partial charge in [-0.05, 0) is 6.07 Å². The lowest BCUT2D eigenvalue weighted by Gasteiger charge is -2.01. The quantitative estimate of drug-likeness (QED) is 0.762. The molecule has 0 spiro atoms. The van der Waals surface area contributed by atoms with Gasteiger partial charge in [-0.2, -0.15) is 5.10 Å². The summed E-state index contributed by atoms with van der Waals surface area (Å²) in [5.74, 6) is 1.06. The van der Waals surface area contributed by atoms with Crippen LogP contribution in [-0.4, -0.2) is 21.9 Å². The number of nitrogens with zero attached hydrogens (tertiary/aromatic N) is 3. The number of ether oxygens (including phenoxy) is 1. The van der Waals surface area contributed by atoms with Crippen molar-refractivity contribution in [2.24, 2.45) is 0 Å². The highest BCUT2D eigenvalue weighted by atomic mass is 16.5. The SMILES string of the molecule is COc1ccc(-n2ccc(N)n2)cn1. The van der Waals surface area contributed by atoms with E-state index in [0.29, 0.717) is 11.7 Å². The van der Waals surface area contributed by atoms with Gasteiger partial charge in [0.1, 0.15) is 5.82 Å². The first-order valence-electron chi connectivity index (χ1n) is 4.11.